The molecule has 2 aromatic rings. The van der Waals surface area contributed by atoms with Crippen molar-refractivity contribution >= 4 is 28.8 Å². The number of hydrogen-bond acceptors (Lipinski definition) is 5. The van der Waals surface area contributed by atoms with Gasteiger partial charge in [-0.1, -0.05) is 6.07 Å². The fourth-order valence-electron chi connectivity index (χ4n) is 1.45. The Kier molecular flexibility index (Phi) is 3.31. The van der Waals surface area contributed by atoms with Crippen LogP contribution in [0, 0.1) is 18.3 Å². The Morgan fingerprint density at radius 2 is 2.17 bits per heavy atom. The highest BCUT2D eigenvalue weighted by Gasteiger charge is 2.08. The quantitative estimate of drug-likeness (QED) is 0.810. The predicted molar refractivity (Wildman–Crippen MR) is 70.6 cm³/mol. The Hall–Kier alpha value is -2.32. The van der Waals surface area contributed by atoms with E-state index >= 15 is 0 Å². The van der Waals surface area contributed by atoms with Crippen molar-refractivity contribution in [3.8, 4) is 6.07 Å². The third kappa shape index (κ3) is 2.50. The molecule has 0 spiro atoms. The van der Waals surface area contributed by atoms with Crippen molar-refractivity contribution in [1.82, 2.24) is 9.97 Å². The molecule has 0 saturated carbocycles. The summed E-state index contributed by atoms with van der Waals surface area (Å²) >= 11 is 5.78. The van der Waals surface area contributed by atoms with Crippen LogP contribution in [-0.4, -0.2) is 9.97 Å². The molecular weight excluding hydrogens is 250 g/mol. The third-order valence-corrected chi connectivity index (χ3v) is 2.53. The summed E-state index contributed by atoms with van der Waals surface area (Å²) in [7, 11) is 0. The summed E-state index contributed by atoms with van der Waals surface area (Å²) in [5, 5.41) is 12.0. The number of aryl methyl sites for hydroxylation is 1. The molecule has 0 amide bonds. The summed E-state index contributed by atoms with van der Waals surface area (Å²) in [6.07, 6.45) is 0. The first-order valence-corrected chi connectivity index (χ1v) is 5.55. The maximum atomic E-state index is 8.82. The molecule has 0 fully saturated rings. The van der Waals surface area contributed by atoms with Gasteiger partial charge in [0.15, 0.2) is 5.82 Å². The number of hydrogen-bond donors (Lipinski definition) is 2. The Balaban J connectivity index is 2.37. The number of rotatable bonds is 2. The summed E-state index contributed by atoms with van der Waals surface area (Å²) in [6, 6.07) is 9.06. The molecule has 0 radical (unpaired) electrons. The standard InChI is InChI=1S/C12H10ClN5/c1-7-10(15)11(18-12(13)16-7)17-9-4-2-3-8(5-9)6-14/h2-5H,15H2,1H3,(H,16,17,18). The number of nitrogens with one attached hydrogen (secondary N) is 1. The SMILES string of the molecule is Cc1nc(Cl)nc(Nc2cccc(C#N)c2)c1N. The highest BCUT2D eigenvalue weighted by molar-refractivity contribution is 6.28. The lowest BCUT2D eigenvalue weighted by Gasteiger charge is -2.10. The van der Waals surface area contributed by atoms with E-state index in [1.165, 1.54) is 0 Å². The van der Waals surface area contributed by atoms with Crippen LogP contribution < -0.4 is 11.1 Å². The van der Waals surface area contributed by atoms with Gasteiger partial charge in [-0.15, -0.1) is 0 Å². The Bertz CT molecular complexity index is 633. The third-order valence-electron chi connectivity index (χ3n) is 2.36. The molecule has 0 atom stereocenters. The zero-order chi connectivity index (χ0) is 13.1. The zero-order valence-electron chi connectivity index (χ0n) is 9.61. The number of nitriles is 1. The molecule has 18 heavy (non-hydrogen) atoms. The van der Waals surface area contributed by atoms with Crippen LogP contribution in [0.3, 0.4) is 0 Å². The average Bonchev–Trinajstić information content (AvgIpc) is 2.35. The van der Waals surface area contributed by atoms with Crippen LogP contribution in [0.15, 0.2) is 24.3 Å². The first kappa shape index (κ1) is 12.1. The molecule has 90 valence electrons. The molecule has 3 N–H and O–H groups in total. The van der Waals surface area contributed by atoms with Gasteiger partial charge in [-0.2, -0.15) is 10.2 Å². The highest BCUT2D eigenvalue weighted by atomic mass is 35.5. The largest absolute Gasteiger partial charge is 0.394 e. The monoisotopic (exact) mass is 259 g/mol. The Labute approximate surface area is 109 Å². The van der Waals surface area contributed by atoms with Crippen LogP contribution in [0.1, 0.15) is 11.3 Å². The second kappa shape index (κ2) is 4.90. The second-order valence-corrected chi connectivity index (χ2v) is 4.00. The molecule has 0 aliphatic heterocycles. The number of nitrogens with zero attached hydrogens (tertiary/aromatic N) is 3. The van der Waals surface area contributed by atoms with Gasteiger partial charge in [-0.25, -0.2) is 4.98 Å². The molecule has 0 aliphatic carbocycles. The van der Waals surface area contributed by atoms with Crippen LogP contribution in [0.4, 0.5) is 17.2 Å². The Morgan fingerprint density at radius 3 is 2.89 bits per heavy atom. The molecule has 6 heteroatoms. The zero-order valence-corrected chi connectivity index (χ0v) is 10.4. The molecule has 0 bridgehead atoms. The van der Waals surface area contributed by atoms with Crippen molar-refractivity contribution in [1.29, 1.82) is 5.26 Å². The first-order chi connectivity index (χ1) is 8.60. The number of anilines is 3. The second-order valence-electron chi connectivity index (χ2n) is 3.66. The van der Waals surface area contributed by atoms with Crippen molar-refractivity contribution in [3.63, 3.8) is 0 Å². The van der Waals surface area contributed by atoms with Gasteiger partial charge in [-0.3, -0.25) is 0 Å². The lowest BCUT2D eigenvalue weighted by atomic mass is 10.2. The summed E-state index contributed by atoms with van der Waals surface area (Å²) in [4.78, 5) is 7.97. The van der Waals surface area contributed by atoms with Crippen LogP contribution in [0.2, 0.25) is 5.28 Å². The molecular formula is C12H10ClN5. The number of halogens is 1. The van der Waals surface area contributed by atoms with Crippen LogP contribution in [0.25, 0.3) is 0 Å². The van der Waals surface area contributed by atoms with Crippen LogP contribution in [0.5, 0.6) is 0 Å². The average molecular weight is 260 g/mol. The minimum Gasteiger partial charge on any atom is -0.394 e. The minimum absolute atomic E-state index is 0.126. The number of benzene rings is 1. The van der Waals surface area contributed by atoms with E-state index in [2.05, 4.69) is 21.4 Å². The first-order valence-electron chi connectivity index (χ1n) is 5.17. The van der Waals surface area contributed by atoms with Gasteiger partial charge in [0.25, 0.3) is 0 Å². The van der Waals surface area contributed by atoms with Gasteiger partial charge in [-0.05, 0) is 36.7 Å². The molecule has 2 rings (SSSR count). The van der Waals surface area contributed by atoms with Crippen molar-refractivity contribution in [2.24, 2.45) is 0 Å². The molecule has 0 aliphatic rings. The normalized spacial score (nSPS) is 9.83. The fraction of sp³-hybridized carbons (Fsp3) is 0.0833. The summed E-state index contributed by atoms with van der Waals surface area (Å²) in [5.41, 5.74) is 8.17. The van der Waals surface area contributed by atoms with Crippen LogP contribution in [-0.2, 0) is 0 Å². The van der Waals surface area contributed by atoms with Gasteiger partial charge >= 0.3 is 0 Å². The Morgan fingerprint density at radius 1 is 1.39 bits per heavy atom. The summed E-state index contributed by atoms with van der Waals surface area (Å²) in [5.74, 6) is 0.433. The van der Waals surface area contributed by atoms with E-state index in [-0.39, 0.29) is 5.28 Å². The number of nitrogen functional groups attached to an aromatic ring is 1. The molecule has 1 heterocycles. The maximum Gasteiger partial charge on any atom is 0.224 e. The molecule has 5 nitrogen and oxygen atoms in total. The molecule has 0 saturated heterocycles. The van der Waals surface area contributed by atoms with Gasteiger partial charge in [0.1, 0.15) is 0 Å². The van der Waals surface area contributed by atoms with Gasteiger partial charge in [0.2, 0.25) is 5.28 Å². The van der Waals surface area contributed by atoms with Crippen molar-refractivity contribution < 1.29 is 0 Å². The van der Waals surface area contributed by atoms with Crippen molar-refractivity contribution in [2.45, 2.75) is 6.92 Å². The summed E-state index contributed by atoms with van der Waals surface area (Å²) < 4.78 is 0. The lowest BCUT2D eigenvalue weighted by molar-refractivity contribution is 1.11. The van der Waals surface area contributed by atoms with E-state index in [1.54, 1.807) is 25.1 Å². The molecule has 0 unspecified atom stereocenters. The van der Waals surface area contributed by atoms with Crippen LogP contribution >= 0.6 is 11.6 Å². The predicted octanol–water partition coefficient (Wildman–Crippen LogP) is 2.64. The van der Waals surface area contributed by atoms with Gasteiger partial charge < -0.3 is 11.1 Å². The fourth-order valence-corrected chi connectivity index (χ4v) is 1.66. The number of aromatic nitrogens is 2. The highest BCUT2D eigenvalue weighted by Crippen LogP contribution is 2.24. The van der Waals surface area contributed by atoms with Crippen molar-refractivity contribution in [2.75, 3.05) is 11.1 Å². The van der Waals surface area contributed by atoms with Crippen molar-refractivity contribution in [3.05, 3.63) is 40.8 Å². The van der Waals surface area contributed by atoms with E-state index in [0.29, 0.717) is 22.8 Å². The molecule has 1 aromatic heterocycles. The van der Waals surface area contributed by atoms with E-state index in [0.717, 1.165) is 5.69 Å². The van der Waals surface area contributed by atoms with Gasteiger partial charge in [0.05, 0.1) is 23.0 Å². The molecule has 1 aromatic carbocycles. The topological polar surface area (TPSA) is 87.6 Å². The van der Waals surface area contributed by atoms with E-state index in [9.17, 15) is 0 Å². The van der Waals surface area contributed by atoms with E-state index in [1.807, 2.05) is 6.07 Å². The number of nitrogens with two attached hydrogens (primary N) is 1. The minimum atomic E-state index is 0.126. The smallest absolute Gasteiger partial charge is 0.224 e. The van der Waals surface area contributed by atoms with E-state index in [4.69, 9.17) is 22.6 Å². The summed E-state index contributed by atoms with van der Waals surface area (Å²) in [6.45, 7) is 1.75. The lowest BCUT2D eigenvalue weighted by Crippen LogP contribution is -2.03. The van der Waals surface area contributed by atoms with Gasteiger partial charge in [0, 0.05) is 5.69 Å². The van der Waals surface area contributed by atoms with E-state index < -0.39 is 0 Å². The maximum absolute atomic E-state index is 8.82.